The third kappa shape index (κ3) is 5.21. The number of carbonyl (C=O) groups is 2. The zero-order valence-corrected chi connectivity index (χ0v) is 14.8. The van der Waals surface area contributed by atoms with Crippen molar-refractivity contribution in [3.05, 3.63) is 0 Å². The molecule has 0 radical (unpaired) electrons. The molecule has 6 heteroatoms. The Morgan fingerprint density at radius 3 is 2.61 bits per heavy atom. The van der Waals surface area contributed by atoms with Crippen molar-refractivity contribution in [1.29, 1.82) is 5.26 Å². The Morgan fingerprint density at radius 2 is 2.13 bits per heavy atom. The number of hydrogen-bond acceptors (Lipinski definition) is 4. The van der Waals surface area contributed by atoms with E-state index in [1.165, 1.54) is 0 Å². The minimum Gasteiger partial charge on any atom is -0.369 e. The fourth-order valence-corrected chi connectivity index (χ4v) is 3.03. The molecule has 0 aromatic rings. The fourth-order valence-electron chi connectivity index (χ4n) is 3.03. The summed E-state index contributed by atoms with van der Waals surface area (Å²) in [5.41, 5.74) is 3.82. The van der Waals surface area contributed by atoms with Crippen LogP contribution < -0.4 is 11.1 Å². The van der Waals surface area contributed by atoms with Gasteiger partial charge in [0, 0.05) is 24.4 Å². The molecule has 23 heavy (non-hydrogen) atoms. The first kappa shape index (κ1) is 19.4. The highest BCUT2D eigenvalue weighted by Gasteiger charge is 2.39. The maximum Gasteiger partial charge on any atom is 0.223 e. The molecule has 2 atom stereocenters. The lowest BCUT2D eigenvalue weighted by atomic mass is 9.83. The van der Waals surface area contributed by atoms with Crippen molar-refractivity contribution in [2.45, 2.75) is 71.4 Å². The molecule has 1 fully saturated rings. The van der Waals surface area contributed by atoms with Gasteiger partial charge in [-0.05, 0) is 39.2 Å². The van der Waals surface area contributed by atoms with E-state index in [4.69, 9.17) is 5.73 Å². The van der Waals surface area contributed by atoms with Gasteiger partial charge in [0.05, 0.1) is 6.07 Å². The average molecular weight is 322 g/mol. The van der Waals surface area contributed by atoms with Crippen LogP contribution in [0, 0.1) is 16.7 Å². The van der Waals surface area contributed by atoms with Crippen LogP contribution in [0.15, 0.2) is 0 Å². The minimum absolute atomic E-state index is 0.183. The Kier molecular flexibility index (Phi) is 6.57. The number of primary amides is 1. The fraction of sp³-hybridized carbons (Fsp3) is 0.824. The summed E-state index contributed by atoms with van der Waals surface area (Å²) >= 11 is 0. The zero-order chi connectivity index (χ0) is 17.7. The van der Waals surface area contributed by atoms with Gasteiger partial charge in [-0.2, -0.15) is 5.26 Å². The van der Waals surface area contributed by atoms with Crippen molar-refractivity contribution >= 4 is 11.8 Å². The molecule has 6 nitrogen and oxygen atoms in total. The van der Waals surface area contributed by atoms with E-state index >= 15 is 0 Å². The second-order valence-electron chi connectivity index (χ2n) is 7.33. The number of nitrogens with zero attached hydrogens (tertiary/aromatic N) is 2. The quantitative estimate of drug-likeness (QED) is 0.743. The lowest BCUT2D eigenvalue weighted by molar-refractivity contribution is -0.127. The first-order valence-electron chi connectivity index (χ1n) is 8.42. The number of nitriles is 1. The number of likely N-dealkylation sites (tertiary alicyclic amines) is 1. The van der Waals surface area contributed by atoms with Crippen molar-refractivity contribution in [1.82, 2.24) is 10.2 Å². The Hall–Kier alpha value is -1.61. The summed E-state index contributed by atoms with van der Waals surface area (Å²) < 4.78 is 0. The molecule has 1 heterocycles. The number of piperidine rings is 1. The van der Waals surface area contributed by atoms with Crippen LogP contribution in [0.5, 0.6) is 0 Å². The smallest absolute Gasteiger partial charge is 0.223 e. The summed E-state index contributed by atoms with van der Waals surface area (Å²) in [7, 11) is 0. The first-order valence-corrected chi connectivity index (χ1v) is 8.42. The van der Waals surface area contributed by atoms with Gasteiger partial charge in [0.2, 0.25) is 11.8 Å². The maximum absolute atomic E-state index is 12.2. The molecule has 0 spiro atoms. The molecule has 0 aliphatic carbocycles. The number of hydrogen-bond donors (Lipinski definition) is 2. The van der Waals surface area contributed by atoms with Crippen LogP contribution in [0.25, 0.3) is 0 Å². The van der Waals surface area contributed by atoms with E-state index in [-0.39, 0.29) is 18.4 Å². The molecule has 0 aromatic carbocycles. The Bertz CT molecular complexity index is 483. The number of nitrogens with two attached hydrogens (primary N) is 1. The molecule has 1 saturated heterocycles. The third-order valence-electron chi connectivity index (χ3n) is 4.84. The summed E-state index contributed by atoms with van der Waals surface area (Å²) in [5, 5.41) is 12.5. The van der Waals surface area contributed by atoms with Crippen LogP contribution in [-0.2, 0) is 9.59 Å². The van der Waals surface area contributed by atoms with Gasteiger partial charge in [-0.3, -0.25) is 9.59 Å². The van der Waals surface area contributed by atoms with Gasteiger partial charge in [-0.25, -0.2) is 0 Å². The van der Waals surface area contributed by atoms with E-state index in [0.717, 1.165) is 19.5 Å². The van der Waals surface area contributed by atoms with Crippen LogP contribution in [0.3, 0.4) is 0 Å². The van der Waals surface area contributed by atoms with Crippen molar-refractivity contribution in [2.24, 2.45) is 11.1 Å². The lowest BCUT2D eigenvalue weighted by Gasteiger charge is -2.42. The monoisotopic (exact) mass is 322 g/mol. The van der Waals surface area contributed by atoms with Crippen molar-refractivity contribution < 1.29 is 9.59 Å². The number of nitrogens with one attached hydrogen (secondary N) is 1. The van der Waals surface area contributed by atoms with Gasteiger partial charge in [-0.15, -0.1) is 0 Å². The van der Waals surface area contributed by atoms with E-state index in [9.17, 15) is 14.9 Å². The summed E-state index contributed by atoms with van der Waals surface area (Å²) in [4.78, 5) is 25.9. The van der Waals surface area contributed by atoms with Crippen LogP contribution >= 0.6 is 0 Å². The predicted molar refractivity (Wildman–Crippen MR) is 89.3 cm³/mol. The zero-order valence-electron chi connectivity index (χ0n) is 14.8. The largest absolute Gasteiger partial charge is 0.369 e. The van der Waals surface area contributed by atoms with E-state index in [2.05, 4.69) is 30.1 Å². The number of rotatable bonds is 7. The van der Waals surface area contributed by atoms with Crippen molar-refractivity contribution in [2.75, 3.05) is 13.1 Å². The predicted octanol–water partition coefficient (Wildman–Crippen LogP) is 1.55. The Morgan fingerprint density at radius 1 is 1.48 bits per heavy atom. The van der Waals surface area contributed by atoms with Crippen LogP contribution in [0.4, 0.5) is 0 Å². The molecule has 130 valence electrons. The highest BCUT2D eigenvalue weighted by atomic mass is 16.2. The molecular formula is C17H30N4O2. The normalized spacial score (nSPS) is 25.6. The second kappa shape index (κ2) is 7.78. The molecule has 3 N–H and O–H groups in total. The SMILES string of the molecule is CCCN1CCC(C#N)(NC(=O)CCC(C)(C)C(N)=O)CC1C. The van der Waals surface area contributed by atoms with Crippen molar-refractivity contribution in [3.8, 4) is 6.07 Å². The molecule has 1 aliphatic rings. The van der Waals surface area contributed by atoms with Crippen LogP contribution in [-0.4, -0.2) is 41.4 Å². The highest BCUT2D eigenvalue weighted by molar-refractivity contribution is 5.82. The minimum atomic E-state index is -0.794. The van der Waals surface area contributed by atoms with Crippen molar-refractivity contribution in [3.63, 3.8) is 0 Å². The number of amides is 2. The van der Waals surface area contributed by atoms with E-state index in [0.29, 0.717) is 19.3 Å². The van der Waals surface area contributed by atoms with Gasteiger partial charge in [0.15, 0.2) is 0 Å². The number of carbonyl (C=O) groups excluding carboxylic acids is 2. The Labute approximate surface area is 139 Å². The van der Waals surface area contributed by atoms with Gasteiger partial charge >= 0.3 is 0 Å². The molecule has 0 aromatic heterocycles. The highest BCUT2D eigenvalue weighted by Crippen LogP contribution is 2.27. The Balaban J connectivity index is 2.61. The lowest BCUT2D eigenvalue weighted by Crippen LogP contribution is -2.57. The van der Waals surface area contributed by atoms with E-state index in [1.54, 1.807) is 13.8 Å². The van der Waals surface area contributed by atoms with Gasteiger partial charge < -0.3 is 16.0 Å². The maximum atomic E-state index is 12.2. The standard InChI is InChI=1S/C17H30N4O2/c1-5-9-21-10-8-17(12-18,11-13(21)2)20-14(22)6-7-16(3,4)15(19)23/h13H,5-11H2,1-4H3,(H2,19,23)(H,20,22). The van der Waals surface area contributed by atoms with Crippen LogP contribution in [0.1, 0.15) is 59.8 Å². The summed E-state index contributed by atoms with van der Waals surface area (Å²) in [5.74, 6) is -0.598. The van der Waals surface area contributed by atoms with Gasteiger partial charge in [0.1, 0.15) is 5.54 Å². The average Bonchev–Trinajstić information content (AvgIpc) is 2.48. The summed E-state index contributed by atoms with van der Waals surface area (Å²) in [6, 6.07) is 2.58. The van der Waals surface area contributed by atoms with E-state index < -0.39 is 16.9 Å². The second-order valence-corrected chi connectivity index (χ2v) is 7.33. The molecule has 1 aliphatic heterocycles. The molecule has 0 saturated carbocycles. The summed E-state index contributed by atoms with van der Waals surface area (Å²) in [6.45, 7) is 9.53. The molecule has 1 rings (SSSR count). The third-order valence-corrected chi connectivity index (χ3v) is 4.84. The van der Waals surface area contributed by atoms with E-state index in [1.807, 2.05) is 0 Å². The van der Waals surface area contributed by atoms with Crippen LogP contribution in [0.2, 0.25) is 0 Å². The molecule has 2 amide bonds. The van der Waals surface area contributed by atoms with Gasteiger partial charge in [-0.1, -0.05) is 20.8 Å². The molecule has 2 unspecified atom stereocenters. The molecule has 0 bridgehead atoms. The summed E-state index contributed by atoms with van der Waals surface area (Å²) in [6.07, 6.45) is 2.94. The topological polar surface area (TPSA) is 99.2 Å². The van der Waals surface area contributed by atoms with Gasteiger partial charge in [0.25, 0.3) is 0 Å². The first-order chi connectivity index (χ1) is 10.7. The molecular weight excluding hydrogens is 292 g/mol.